The fourth-order valence-corrected chi connectivity index (χ4v) is 2.22. The van der Waals surface area contributed by atoms with Crippen LogP contribution < -0.4 is 10.2 Å². The summed E-state index contributed by atoms with van der Waals surface area (Å²) in [7, 11) is 0. The summed E-state index contributed by atoms with van der Waals surface area (Å²) in [6.07, 6.45) is 1.10. The van der Waals surface area contributed by atoms with Crippen LogP contribution in [0.4, 0.5) is 5.82 Å². The van der Waals surface area contributed by atoms with E-state index in [2.05, 4.69) is 37.8 Å². The fraction of sp³-hybridized carbons (Fsp3) is 0.600. The Kier molecular flexibility index (Phi) is 2.60. The molecule has 2 aromatic heterocycles. The molecule has 1 fully saturated rings. The third kappa shape index (κ3) is 1.82. The molecule has 1 atom stereocenters. The molecule has 1 saturated heterocycles. The lowest BCUT2D eigenvalue weighted by Gasteiger charge is -2.36. The Balaban J connectivity index is 1.95. The van der Waals surface area contributed by atoms with Gasteiger partial charge >= 0.3 is 0 Å². The Labute approximate surface area is 98.8 Å². The normalized spacial score (nSPS) is 21.0. The summed E-state index contributed by atoms with van der Waals surface area (Å²) in [6.45, 7) is 5.16. The third-order valence-corrected chi connectivity index (χ3v) is 3.17. The van der Waals surface area contributed by atoms with E-state index in [1.165, 1.54) is 4.63 Å². The van der Waals surface area contributed by atoms with Gasteiger partial charge in [0.1, 0.15) is 0 Å². The summed E-state index contributed by atoms with van der Waals surface area (Å²) in [4.78, 5) is 2.32. The predicted octanol–water partition coefficient (Wildman–Crippen LogP) is -0.293. The van der Waals surface area contributed by atoms with Gasteiger partial charge in [-0.3, -0.25) is 0 Å². The predicted molar refractivity (Wildman–Crippen MR) is 62.9 cm³/mol. The van der Waals surface area contributed by atoms with Crippen molar-refractivity contribution in [1.82, 2.24) is 30.6 Å². The number of fused-ring (bicyclic) bond motifs is 1. The second-order valence-electron chi connectivity index (χ2n) is 4.18. The van der Waals surface area contributed by atoms with E-state index in [0.29, 0.717) is 11.7 Å². The van der Waals surface area contributed by atoms with Gasteiger partial charge in [0.15, 0.2) is 11.5 Å². The van der Waals surface area contributed by atoms with Gasteiger partial charge < -0.3 is 10.2 Å². The van der Waals surface area contributed by atoms with E-state index in [9.17, 15) is 0 Å². The largest absolute Gasteiger partial charge is 0.350 e. The number of anilines is 1. The molecule has 1 aliphatic rings. The Hall–Kier alpha value is -1.76. The molecule has 7 heteroatoms. The van der Waals surface area contributed by atoms with Gasteiger partial charge in [-0.1, -0.05) is 6.92 Å². The number of rotatable bonds is 2. The minimum Gasteiger partial charge on any atom is -0.350 e. The van der Waals surface area contributed by atoms with Gasteiger partial charge in [0.05, 0.1) is 0 Å². The Bertz CT molecular complexity index is 508. The summed E-state index contributed by atoms with van der Waals surface area (Å²) in [5, 5.41) is 19.1. The Morgan fingerprint density at radius 3 is 3.29 bits per heavy atom. The fourth-order valence-electron chi connectivity index (χ4n) is 2.22. The smallest absolute Gasteiger partial charge is 0.200 e. The van der Waals surface area contributed by atoms with Gasteiger partial charge in [0, 0.05) is 25.7 Å². The van der Waals surface area contributed by atoms with Crippen molar-refractivity contribution in [2.24, 2.45) is 0 Å². The Morgan fingerprint density at radius 1 is 1.47 bits per heavy atom. The van der Waals surface area contributed by atoms with E-state index < -0.39 is 0 Å². The molecule has 0 amide bonds. The first-order valence-corrected chi connectivity index (χ1v) is 5.91. The maximum Gasteiger partial charge on any atom is 0.200 e. The quantitative estimate of drug-likeness (QED) is 0.768. The van der Waals surface area contributed by atoms with Crippen LogP contribution in [-0.2, 0) is 0 Å². The van der Waals surface area contributed by atoms with Crippen LogP contribution in [-0.4, -0.2) is 50.9 Å². The van der Waals surface area contributed by atoms with Crippen molar-refractivity contribution >= 4 is 11.5 Å². The van der Waals surface area contributed by atoms with Crippen LogP contribution >= 0.6 is 0 Å². The van der Waals surface area contributed by atoms with Gasteiger partial charge in [-0.15, -0.1) is 14.8 Å². The van der Waals surface area contributed by atoms with E-state index >= 15 is 0 Å². The summed E-state index contributed by atoms with van der Waals surface area (Å²) in [6, 6.07) is 4.38. The molecule has 0 spiro atoms. The number of hydrogen-bond donors (Lipinski definition) is 1. The second kappa shape index (κ2) is 4.25. The summed E-state index contributed by atoms with van der Waals surface area (Å²) in [5.74, 6) is 0.943. The molecule has 0 saturated carbocycles. The second-order valence-corrected chi connectivity index (χ2v) is 4.18. The lowest BCUT2D eigenvalue weighted by molar-refractivity contribution is 0.460. The zero-order valence-electron chi connectivity index (χ0n) is 9.74. The topological polar surface area (TPSA) is 71.2 Å². The Morgan fingerprint density at radius 2 is 2.41 bits per heavy atom. The van der Waals surface area contributed by atoms with Crippen molar-refractivity contribution in [2.75, 3.05) is 24.5 Å². The highest BCUT2D eigenvalue weighted by Gasteiger charge is 2.22. The summed E-state index contributed by atoms with van der Waals surface area (Å²) >= 11 is 0. The minimum absolute atomic E-state index is 0.491. The molecule has 3 rings (SSSR count). The van der Waals surface area contributed by atoms with Crippen LogP contribution in [0, 0.1) is 0 Å². The zero-order valence-corrected chi connectivity index (χ0v) is 9.74. The van der Waals surface area contributed by atoms with E-state index in [4.69, 9.17) is 0 Å². The lowest BCUT2D eigenvalue weighted by Crippen LogP contribution is -2.51. The van der Waals surface area contributed by atoms with Gasteiger partial charge in [-0.05, 0) is 29.0 Å². The number of nitrogens with zero attached hydrogens (tertiary/aromatic N) is 6. The van der Waals surface area contributed by atoms with E-state index in [1.54, 1.807) is 0 Å². The third-order valence-electron chi connectivity index (χ3n) is 3.17. The van der Waals surface area contributed by atoms with Crippen LogP contribution in [0.5, 0.6) is 0 Å². The van der Waals surface area contributed by atoms with Crippen LogP contribution in [0.25, 0.3) is 5.65 Å². The molecule has 0 bridgehead atoms. The maximum absolute atomic E-state index is 4.44. The average Bonchev–Trinajstić information content (AvgIpc) is 2.85. The highest BCUT2D eigenvalue weighted by molar-refractivity contribution is 5.45. The van der Waals surface area contributed by atoms with Crippen molar-refractivity contribution < 1.29 is 0 Å². The molecule has 0 aliphatic carbocycles. The molecule has 3 heterocycles. The molecule has 90 valence electrons. The van der Waals surface area contributed by atoms with Gasteiger partial charge in [-0.25, -0.2) is 0 Å². The molecule has 0 radical (unpaired) electrons. The minimum atomic E-state index is 0.491. The molecule has 17 heavy (non-hydrogen) atoms. The van der Waals surface area contributed by atoms with E-state index in [-0.39, 0.29) is 0 Å². The van der Waals surface area contributed by atoms with Crippen molar-refractivity contribution in [3.05, 3.63) is 12.1 Å². The van der Waals surface area contributed by atoms with Gasteiger partial charge in [0.25, 0.3) is 0 Å². The van der Waals surface area contributed by atoms with Crippen LogP contribution in [0.1, 0.15) is 13.3 Å². The SMILES string of the molecule is CCC1CNCCN1c1ccc2nnnn2n1. The standard InChI is InChI=1S/C10H15N7/c1-2-8-7-11-5-6-16(8)10-4-3-9-12-14-15-17(9)13-10/h3-4,8,11H,2,5-7H2,1H3. The first kappa shape index (κ1) is 10.4. The molecule has 1 aliphatic heterocycles. The highest BCUT2D eigenvalue weighted by Crippen LogP contribution is 2.17. The van der Waals surface area contributed by atoms with Crippen LogP contribution in [0.15, 0.2) is 12.1 Å². The molecule has 1 unspecified atom stereocenters. The zero-order chi connectivity index (χ0) is 11.7. The number of hydrogen-bond acceptors (Lipinski definition) is 6. The first-order valence-electron chi connectivity index (χ1n) is 5.91. The van der Waals surface area contributed by atoms with Crippen LogP contribution in [0.3, 0.4) is 0 Å². The van der Waals surface area contributed by atoms with Crippen molar-refractivity contribution in [3.8, 4) is 0 Å². The first-order chi connectivity index (χ1) is 8.38. The van der Waals surface area contributed by atoms with Gasteiger partial charge in [0.2, 0.25) is 0 Å². The molecule has 2 aromatic rings. The van der Waals surface area contributed by atoms with Crippen molar-refractivity contribution in [3.63, 3.8) is 0 Å². The van der Waals surface area contributed by atoms with Crippen molar-refractivity contribution in [2.45, 2.75) is 19.4 Å². The summed E-state index contributed by atoms with van der Waals surface area (Å²) < 4.78 is 1.48. The lowest BCUT2D eigenvalue weighted by atomic mass is 10.1. The summed E-state index contributed by atoms with van der Waals surface area (Å²) in [5.41, 5.74) is 0.678. The van der Waals surface area contributed by atoms with E-state index in [0.717, 1.165) is 31.9 Å². The number of piperazine rings is 1. The maximum atomic E-state index is 4.44. The van der Waals surface area contributed by atoms with Gasteiger partial charge in [-0.2, -0.15) is 0 Å². The van der Waals surface area contributed by atoms with Crippen LogP contribution in [0.2, 0.25) is 0 Å². The molecular weight excluding hydrogens is 218 g/mol. The molecule has 1 N–H and O–H groups in total. The molecule has 0 aromatic carbocycles. The number of nitrogens with one attached hydrogen (secondary N) is 1. The monoisotopic (exact) mass is 233 g/mol. The number of tetrazole rings is 1. The van der Waals surface area contributed by atoms with Crippen molar-refractivity contribution in [1.29, 1.82) is 0 Å². The van der Waals surface area contributed by atoms with E-state index in [1.807, 2.05) is 12.1 Å². The molecule has 7 nitrogen and oxygen atoms in total. The number of aromatic nitrogens is 5. The molecular formula is C10H15N7. The average molecular weight is 233 g/mol. The highest BCUT2D eigenvalue weighted by atomic mass is 15.6.